The van der Waals surface area contributed by atoms with Crippen LogP contribution >= 0.6 is 23.1 Å². The predicted octanol–water partition coefficient (Wildman–Crippen LogP) is 5.75. The molecule has 3 atom stereocenters. The van der Waals surface area contributed by atoms with Gasteiger partial charge in [-0.1, -0.05) is 17.3 Å². The van der Waals surface area contributed by atoms with Gasteiger partial charge in [-0.3, -0.25) is 9.69 Å². The van der Waals surface area contributed by atoms with Gasteiger partial charge in [-0.15, -0.1) is 11.3 Å². The van der Waals surface area contributed by atoms with E-state index in [1.54, 1.807) is 18.2 Å². The van der Waals surface area contributed by atoms with E-state index >= 15 is 0 Å². The molecule has 2 N–H and O–H groups in total. The topological polar surface area (TPSA) is 83.3 Å². The van der Waals surface area contributed by atoms with E-state index < -0.39 is 23.8 Å². The second kappa shape index (κ2) is 9.82. The summed E-state index contributed by atoms with van der Waals surface area (Å²) in [7, 11) is 0. The molecule has 13 heteroatoms. The Morgan fingerprint density at radius 2 is 2.11 bits per heavy atom. The molecule has 0 radical (unpaired) electrons. The van der Waals surface area contributed by atoms with E-state index in [-0.39, 0.29) is 45.2 Å². The van der Waals surface area contributed by atoms with Gasteiger partial charge < -0.3 is 15.2 Å². The van der Waals surface area contributed by atoms with Crippen LogP contribution < -0.4 is 10.6 Å². The fourth-order valence-corrected chi connectivity index (χ4v) is 6.70. The van der Waals surface area contributed by atoms with Crippen molar-refractivity contribution in [2.45, 2.75) is 67.8 Å². The minimum Gasteiger partial charge on any atom is -0.377 e. The van der Waals surface area contributed by atoms with Crippen molar-refractivity contribution >= 4 is 44.8 Å². The summed E-state index contributed by atoms with van der Waals surface area (Å²) < 4.78 is 61.4. The van der Waals surface area contributed by atoms with Crippen LogP contribution in [-0.4, -0.2) is 57.8 Å². The van der Waals surface area contributed by atoms with Crippen LogP contribution in [0.1, 0.15) is 45.0 Å². The molecule has 1 amide bonds. The molecular formula is C23H25F4N5O2S2. The molecular weight excluding hydrogens is 518 g/mol. The number of likely N-dealkylation sites (tertiary alicyclic amines) is 1. The summed E-state index contributed by atoms with van der Waals surface area (Å²) in [4.78, 5) is 18.2. The van der Waals surface area contributed by atoms with Gasteiger partial charge in [0.2, 0.25) is 17.6 Å². The Bertz CT molecular complexity index is 1260. The van der Waals surface area contributed by atoms with Crippen molar-refractivity contribution < 1.29 is 26.9 Å². The van der Waals surface area contributed by atoms with E-state index in [0.717, 1.165) is 11.3 Å². The number of anilines is 1. The SMILES string of the molecule is CC(C)N1CC[C@H](F)[C@H](Nc2cccc3c(SC(F)(F)F)c(-c4noc([C@H]5CCC(=O)N5)n4)sc23)C1. The number of piperidine rings is 1. The number of carbonyl (C=O) groups is 1. The predicted molar refractivity (Wildman–Crippen MR) is 131 cm³/mol. The number of nitrogens with one attached hydrogen (secondary N) is 2. The molecule has 4 heterocycles. The van der Waals surface area contributed by atoms with Crippen molar-refractivity contribution in [3.05, 3.63) is 24.1 Å². The molecule has 0 bridgehead atoms. The van der Waals surface area contributed by atoms with Crippen LogP contribution in [0, 0.1) is 0 Å². The summed E-state index contributed by atoms with van der Waals surface area (Å²) in [5.41, 5.74) is -3.97. The average molecular weight is 544 g/mol. The summed E-state index contributed by atoms with van der Waals surface area (Å²) in [6.45, 7) is 5.27. The second-order valence-corrected chi connectivity index (χ2v) is 11.3. The summed E-state index contributed by atoms with van der Waals surface area (Å²) in [6.07, 6.45) is 0.116. The maximum atomic E-state index is 14.8. The van der Waals surface area contributed by atoms with Crippen molar-refractivity contribution in [1.82, 2.24) is 20.4 Å². The van der Waals surface area contributed by atoms with E-state index in [2.05, 4.69) is 39.5 Å². The molecule has 3 aromatic rings. The van der Waals surface area contributed by atoms with E-state index in [1.807, 2.05) is 0 Å². The minimum atomic E-state index is -4.54. The van der Waals surface area contributed by atoms with Crippen molar-refractivity contribution in [2.24, 2.45) is 0 Å². The molecule has 2 aliphatic rings. The minimum absolute atomic E-state index is 0.0251. The zero-order valence-corrected chi connectivity index (χ0v) is 21.2. The number of fused-ring (bicyclic) bond motifs is 1. The monoisotopic (exact) mass is 543 g/mol. The van der Waals surface area contributed by atoms with Gasteiger partial charge in [-0.2, -0.15) is 18.2 Å². The van der Waals surface area contributed by atoms with Gasteiger partial charge in [0.05, 0.1) is 21.3 Å². The summed E-state index contributed by atoms with van der Waals surface area (Å²) in [5.74, 6) is 0.0403. The molecule has 2 aliphatic heterocycles. The highest BCUT2D eigenvalue weighted by Gasteiger charge is 2.36. The van der Waals surface area contributed by atoms with Crippen molar-refractivity contribution in [2.75, 3.05) is 18.4 Å². The van der Waals surface area contributed by atoms with Gasteiger partial charge >= 0.3 is 5.51 Å². The van der Waals surface area contributed by atoms with Crippen LogP contribution in [0.25, 0.3) is 20.8 Å². The normalized spacial score (nSPS) is 23.5. The highest BCUT2D eigenvalue weighted by atomic mass is 32.2. The highest BCUT2D eigenvalue weighted by molar-refractivity contribution is 8.00. The van der Waals surface area contributed by atoms with Gasteiger partial charge in [-0.05, 0) is 44.5 Å². The molecule has 1 aromatic carbocycles. The highest BCUT2D eigenvalue weighted by Crippen LogP contribution is 2.50. The molecule has 5 rings (SSSR count). The van der Waals surface area contributed by atoms with Crippen molar-refractivity contribution in [3.8, 4) is 10.7 Å². The molecule has 194 valence electrons. The van der Waals surface area contributed by atoms with E-state index in [4.69, 9.17) is 4.52 Å². The number of hydrogen-bond donors (Lipinski definition) is 2. The lowest BCUT2D eigenvalue weighted by molar-refractivity contribution is -0.119. The Balaban J connectivity index is 1.52. The van der Waals surface area contributed by atoms with Gasteiger partial charge in [0.15, 0.2) is 0 Å². The quantitative estimate of drug-likeness (QED) is 0.303. The van der Waals surface area contributed by atoms with E-state index in [9.17, 15) is 22.4 Å². The molecule has 2 saturated heterocycles. The lowest BCUT2D eigenvalue weighted by Crippen LogP contribution is -2.50. The van der Waals surface area contributed by atoms with E-state index in [0.29, 0.717) is 48.1 Å². The number of hydrogen-bond acceptors (Lipinski definition) is 8. The number of nitrogens with zero attached hydrogens (tertiary/aromatic N) is 3. The number of thioether (sulfide) groups is 1. The molecule has 2 fully saturated rings. The maximum Gasteiger partial charge on any atom is 0.446 e. The number of halogens is 4. The number of carbonyl (C=O) groups excluding carboxylic acids is 1. The number of rotatable bonds is 6. The smallest absolute Gasteiger partial charge is 0.377 e. The molecule has 2 aromatic heterocycles. The first-order chi connectivity index (χ1) is 17.1. The molecule has 0 spiro atoms. The second-order valence-electron chi connectivity index (χ2n) is 9.25. The number of aromatic nitrogens is 2. The summed E-state index contributed by atoms with van der Waals surface area (Å²) in [5, 5.41) is 10.3. The maximum absolute atomic E-state index is 14.8. The summed E-state index contributed by atoms with van der Waals surface area (Å²) in [6, 6.07) is 4.34. The first kappa shape index (κ1) is 25.3. The molecule has 0 saturated carbocycles. The van der Waals surface area contributed by atoms with Crippen LogP contribution in [0.4, 0.5) is 23.2 Å². The standard InChI is InChI=1S/C23H25F4N5O2S2/c1-11(2)32-9-8-13(24)16(10-32)28-14-5-3-4-12-18(14)35-20(19(12)36-23(25,26)27)21-30-22(34-31-21)15-6-7-17(33)29-15/h3-5,11,13,15-16,28H,6-10H2,1-2H3,(H,29,33)/t13-,15+,16+/m0/s1. The van der Waals surface area contributed by atoms with Crippen LogP contribution in [0.3, 0.4) is 0 Å². The zero-order valence-electron chi connectivity index (χ0n) is 19.6. The third-order valence-electron chi connectivity index (χ3n) is 6.46. The fourth-order valence-electron chi connectivity index (χ4n) is 4.60. The number of alkyl halides is 4. The Morgan fingerprint density at radius 3 is 2.81 bits per heavy atom. The molecule has 36 heavy (non-hydrogen) atoms. The summed E-state index contributed by atoms with van der Waals surface area (Å²) >= 11 is 0.875. The van der Waals surface area contributed by atoms with Crippen molar-refractivity contribution in [1.29, 1.82) is 0 Å². The third-order valence-corrected chi connectivity index (χ3v) is 8.68. The first-order valence-corrected chi connectivity index (χ1v) is 13.3. The van der Waals surface area contributed by atoms with Crippen LogP contribution in [0.2, 0.25) is 0 Å². The number of benzene rings is 1. The molecule has 0 unspecified atom stereocenters. The number of thiophene rings is 1. The Labute approximate surface area is 213 Å². The Kier molecular flexibility index (Phi) is 6.90. The van der Waals surface area contributed by atoms with Crippen molar-refractivity contribution in [3.63, 3.8) is 0 Å². The largest absolute Gasteiger partial charge is 0.446 e. The average Bonchev–Trinajstić information content (AvgIpc) is 3.53. The van der Waals surface area contributed by atoms with E-state index in [1.165, 1.54) is 0 Å². The van der Waals surface area contributed by atoms with Crippen LogP contribution in [-0.2, 0) is 4.79 Å². The van der Waals surface area contributed by atoms with Crippen LogP contribution in [0.5, 0.6) is 0 Å². The molecule has 7 nitrogen and oxygen atoms in total. The van der Waals surface area contributed by atoms with Gasteiger partial charge in [0.25, 0.3) is 0 Å². The van der Waals surface area contributed by atoms with Crippen LogP contribution in [0.15, 0.2) is 27.6 Å². The first-order valence-electron chi connectivity index (χ1n) is 11.7. The van der Waals surface area contributed by atoms with Gasteiger partial charge in [-0.25, -0.2) is 4.39 Å². The lowest BCUT2D eigenvalue weighted by atomic mass is 10.0. The lowest BCUT2D eigenvalue weighted by Gasteiger charge is -2.38. The zero-order chi connectivity index (χ0) is 25.6. The molecule has 0 aliphatic carbocycles. The Morgan fingerprint density at radius 1 is 1.31 bits per heavy atom. The number of amides is 1. The fraction of sp³-hybridized carbons (Fsp3) is 0.522. The Hall–Kier alpha value is -2.38. The van der Waals surface area contributed by atoms with Gasteiger partial charge in [0, 0.05) is 35.8 Å². The third kappa shape index (κ3) is 5.18. The van der Waals surface area contributed by atoms with Gasteiger partial charge in [0.1, 0.15) is 12.2 Å².